The van der Waals surface area contributed by atoms with Gasteiger partial charge in [0.05, 0.1) is 18.1 Å². The lowest BCUT2D eigenvalue weighted by Crippen LogP contribution is -2.28. The second-order valence-electron chi connectivity index (χ2n) is 5.32. The standard InChI is InChI=1S/C14H19ClN6OS/c1-23-14-18-12(20-5-2-3-6-20)10-9-17-21(13(10)19-14)7-4-16-11(22)8-15/h9H,2-8H2,1H3,(H,16,22). The van der Waals surface area contributed by atoms with Gasteiger partial charge in [-0.3, -0.25) is 4.79 Å². The fourth-order valence-corrected chi connectivity index (χ4v) is 3.14. The number of hydrogen-bond acceptors (Lipinski definition) is 6. The minimum Gasteiger partial charge on any atom is -0.356 e. The van der Waals surface area contributed by atoms with E-state index in [0.29, 0.717) is 13.1 Å². The average molecular weight is 355 g/mol. The Morgan fingerprint density at radius 3 is 2.87 bits per heavy atom. The van der Waals surface area contributed by atoms with Crippen molar-refractivity contribution < 1.29 is 4.79 Å². The fraction of sp³-hybridized carbons (Fsp3) is 0.571. The van der Waals surface area contributed by atoms with Crippen molar-refractivity contribution in [3.63, 3.8) is 0 Å². The molecule has 0 atom stereocenters. The smallest absolute Gasteiger partial charge is 0.234 e. The molecule has 0 unspecified atom stereocenters. The van der Waals surface area contributed by atoms with Crippen molar-refractivity contribution in [2.24, 2.45) is 0 Å². The van der Waals surface area contributed by atoms with Crippen LogP contribution in [0.4, 0.5) is 5.82 Å². The Balaban J connectivity index is 1.88. The minimum atomic E-state index is -0.180. The molecule has 1 amide bonds. The normalized spacial score (nSPS) is 14.6. The zero-order valence-corrected chi connectivity index (χ0v) is 14.5. The molecule has 3 rings (SSSR count). The molecule has 1 fully saturated rings. The molecule has 124 valence electrons. The van der Waals surface area contributed by atoms with Crippen LogP contribution in [0.2, 0.25) is 0 Å². The first-order chi connectivity index (χ1) is 11.2. The van der Waals surface area contributed by atoms with Crippen LogP contribution < -0.4 is 10.2 Å². The molecule has 1 N–H and O–H groups in total. The van der Waals surface area contributed by atoms with Crippen molar-refractivity contribution >= 4 is 46.1 Å². The SMILES string of the molecule is CSc1nc(N2CCCC2)c2cnn(CCNC(=O)CCl)c2n1. The Kier molecular flexibility index (Phi) is 5.22. The molecule has 1 aliphatic heterocycles. The number of rotatable bonds is 6. The number of alkyl halides is 1. The van der Waals surface area contributed by atoms with Gasteiger partial charge >= 0.3 is 0 Å². The first-order valence-electron chi connectivity index (χ1n) is 7.58. The van der Waals surface area contributed by atoms with Gasteiger partial charge in [0.25, 0.3) is 0 Å². The second kappa shape index (κ2) is 7.35. The van der Waals surface area contributed by atoms with Gasteiger partial charge in [0, 0.05) is 19.6 Å². The lowest BCUT2D eigenvalue weighted by molar-refractivity contribution is -0.118. The van der Waals surface area contributed by atoms with E-state index in [9.17, 15) is 4.79 Å². The zero-order valence-electron chi connectivity index (χ0n) is 13.0. The van der Waals surface area contributed by atoms with Gasteiger partial charge in [0.1, 0.15) is 11.7 Å². The molecule has 1 aliphatic rings. The highest BCUT2D eigenvalue weighted by molar-refractivity contribution is 7.98. The van der Waals surface area contributed by atoms with Crippen LogP contribution in [0.1, 0.15) is 12.8 Å². The third kappa shape index (κ3) is 3.53. The highest BCUT2D eigenvalue weighted by Gasteiger charge is 2.20. The van der Waals surface area contributed by atoms with E-state index in [-0.39, 0.29) is 11.8 Å². The van der Waals surface area contributed by atoms with Gasteiger partial charge in [0.15, 0.2) is 10.8 Å². The summed E-state index contributed by atoms with van der Waals surface area (Å²) >= 11 is 7.00. The van der Waals surface area contributed by atoms with Gasteiger partial charge in [-0.05, 0) is 19.1 Å². The molecule has 2 aromatic rings. The summed E-state index contributed by atoms with van der Waals surface area (Å²) in [7, 11) is 0. The molecule has 0 spiro atoms. The summed E-state index contributed by atoms with van der Waals surface area (Å²) in [6.07, 6.45) is 6.17. The summed E-state index contributed by atoms with van der Waals surface area (Å²) in [5.41, 5.74) is 0.811. The van der Waals surface area contributed by atoms with Crippen molar-refractivity contribution in [3.8, 4) is 0 Å². The third-order valence-electron chi connectivity index (χ3n) is 3.81. The summed E-state index contributed by atoms with van der Waals surface area (Å²) < 4.78 is 1.81. The van der Waals surface area contributed by atoms with E-state index in [2.05, 4.69) is 25.3 Å². The predicted molar refractivity (Wildman–Crippen MR) is 92.3 cm³/mol. The van der Waals surface area contributed by atoms with E-state index in [1.54, 1.807) is 0 Å². The maximum Gasteiger partial charge on any atom is 0.234 e. The minimum absolute atomic E-state index is 0.0300. The average Bonchev–Trinajstić information content (AvgIpc) is 3.23. The van der Waals surface area contributed by atoms with Gasteiger partial charge in [0.2, 0.25) is 5.91 Å². The van der Waals surface area contributed by atoms with E-state index < -0.39 is 0 Å². The largest absolute Gasteiger partial charge is 0.356 e. The van der Waals surface area contributed by atoms with Gasteiger partial charge in [-0.15, -0.1) is 11.6 Å². The van der Waals surface area contributed by atoms with Crippen molar-refractivity contribution in [1.82, 2.24) is 25.1 Å². The van der Waals surface area contributed by atoms with Gasteiger partial charge in [-0.2, -0.15) is 5.10 Å². The summed E-state index contributed by atoms with van der Waals surface area (Å²) in [4.78, 5) is 22.8. The topological polar surface area (TPSA) is 75.9 Å². The number of hydrogen-bond donors (Lipinski definition) is 1. The Labute approximate surface area is 143 Å². The summed E-state index contributed by atoms with van der Waals surface area (Å²) in [5, 5.41) is 8.87. The van der Waals surface area contributed by atoms with Crippen LogP contribution in [0.25, 0.3) is 11.0 Å². The number of nitrogens with zero attached hydrogens (tertiary/aromatic N) is 5. The number of aromatic nitrogens is 4. The fourth-order valence-electron chi connectivity index (χ4n) is 2.69. The first-order valence-corrected chi connectivity index (χ1v) is 9.34. The molecule has 2 aromatic heterocycles. The highest BCUT2D eigenvalue weighted by atomic mass is 35.5. The van der Waals surface area contributed by atoms with E-state index >= 15 is 0 Å². The van der Waals surface area contributed by atoms with Crippen LogP contribution in [0, 0.1) is 0 Å². The molecule has 0 bridgehead atoms. The number of carbonyl (C=O) groups is 1. The van der Waals surface area contributed by atoms with Crippen LogP contribution >= 0.6 is 23.4 Å². The summed E-state index contributed by atoms with van der Waals surface area (Å²) in [6, 6.07) is 0. The molecule has 9 heteroatoms. The second-order valence-corrected chi connectivity index (χ2v) is 6.36. The lowest BCUT2D eigenvalue weighted by atomic mass is 10.3. The third-order valence-corrected chi connectivity index (χ3v) is 4.60. The van der Waals surface area contributed by atoms with E-state index in [4.69, 9.17) is 11.6 Å². The van der Waals surface area contributed by atoms with Crippen LogP contribution in [0.5, 0.6) is 0 Å². The molecular weight excluding hydrogens is 336 g/mol. The number of amides is 1. The molecule has 1 saturated heterocycles. The lowest BCUT2D eigenvalue weighted by Gasteiger charge is -2.17. The first kappa shape index (κ1) is 16.3. The molecule has 3 heterocycles. The van der Waals surface area contributed by atoms with Crippen molar-refractivity contribution in [3.05, 3.63) is 6.20 Å². The maximum absolute atomic E-state index is 11.2. The maximum atomic E-state index is 11.2. The van der Waals surface area contributed by atoms with Crippen LogP contribution in [-0.4, -0.2) is 57.4 Å². The molecule has 0 aromatic carbocycles. The summed E-state index contributed by atoms with van der Waals surface area (Å²) in [6.45, 7) is 3.07. The van der Waals surface area contributed by atoms with Crippen LogP contribution in [0.3, 0.4) is 0 Å². The Bertz CT molecular complexity index is 700. The highest BCUT2D eigenvalue weighted by Crippen LogP contribution is 2.28. The van der Waals surface area contributed by atoms with Gasteiger partial charge < -0.3 is 10.2 Å². The van der Waals surface area contributed by atoms with E-state index in [0.717, 1.165) is 35.1 Å². The quantitative estimate of drug-likeness (QED) is 0.481. The van der Waals surface area contributed by atoms with Crippen molar-refractivity contribution in [1.29, 1.82) is 0 Å². The number of carbonyl (C=O) groups excluding carboxylic acids is 1. The number of halogens is 1. The Morgan fingerprint density at radius 2 is 2.17 bits per heavy atom. The molecular formula is C14H19ClN6OS. The van der Waals surface area contributed by atoms with Crippen LogP contribution in [-0.2, 0) is 11.3 Å². The monoisotopic (exact) mass is 354 g/mol. The van der Waals surface area contributed by atoms with Crippen molar-refractivity contribution in [2.45, 2.75) is 24.5 Å². The summed E-state index contributed by atoms with van der Waals surface area (Å²) in [5.74, 6) is 0.755. The van der Waals surface area contributed by atoms with E-state index in [1.165, 1.54) is 24.6 Å². The predicted octanol–water partition coefficient (Wildman–Crippen LogP) is 1.50. The number of anilines is 1. The molecule has 0 saturated carbocycles. The number of fused-ring (bicyclic) bond motifs is 1. The Morgan fingerprint density at radius 1 is 1.39 bits per heavy atom. The molecule has 23 heavy (non-hydrogen) atoms. The molecule has 0 aliphatic carbocycles. The zero-order chi connectivity index (χ0) is 16.2. The molecule has 0 radical (unpaired) electrons. The van der Waals surface area contributed by atoms with Gasteiger partial charge in [-0.1, -0.05) is 11.8 Å². The van der Waals surface area contributed by atoms with E-state index in [1.807, 2.05) is 17.1 Å². The van der Waals surface area contributed by atoms with Gasteiger partial charge in [-0.25, -0.2) is 14.6 Å². The van der Waals surface area contributed by atoms with Crippen molar-refractivity contribution in [2.75, 3.05) is 36.7 Å². The number of nitrogens with one attached hydrogen (secondary N) is 1. The number of thioether (sulfide) groups is 1. The van der Waals surface area contributed by atoms with Crippen LogP contribution in [0.15, 0.2) is 11.4 Å². The molecule has 7 nitrogen and oxygen atoms in total. The Hall–Kier alpha value is -1.54.